The average Bonchev–Trinajstić information content (AvgIpc) is 2.19. The molecule has 0 aliphatic rings. The largest absolute Gasteiger partial charge is 1.00 e. The fourth-order valence-corrected chi connectivity index (χ4v) is 0.500. The molecule has 0 fully saturated rings. The van der Waals surface area contributed by atoms with E-state index < -0.39 is 11.2 Å². The summed E-state index contributed by atoms with van der Waals surface area (Å²) in [5, 5.41) is 20.0. The number of aliphatic hydroxyl groups is 1. The molecule has 2 nitrogen and oxygen atoms in total. The minimum absolute atomic E-state index is 0. The van der Waals surface area contributed by atoms with Crippen LogP contribution in [0.5, 0.6) is 0 Å². The Morgan fingerprint density at radius 2 is 1.13 bits per heavy atom. The zero-order valence-electron chi connectivity index (χ0n) is 11.7. The van der Waals surface area contributed by atoms with Gasteiger partial charge in [0, 0.05) is 0 Å². The molecule has 15 heavy (non-hydrogen) atoms. The van der Waals surface area contributed by atoms with Gasteiger partial charge in [-0.15, -0.1) is 5.60 Å². The van der Waals surface area contributed by atoms with Gasteiger partial charge >= 0.3 is 51.4 Å². The summed E-state index contributed by atoms with van der Waals surface area (Å²) >= 11 is 0. The van der Waals surface area contributed by atoms with Crippen molar-refractivity contribution >= 4 is 0 Å². The van der Waals surface area contributed by atoms with Gasteiger partial charge in [-0.3, -0.25) is 0 Å². The van der Waals surface area contributed by atoms with Crippen molar-refractivity contribution in [3.8, 4) is 0 Å². The first-order chi connectivity index (χ1) is 6.24. The monoisotopic (exact) mass is 242 g/mol. The first-order valence-electron chi connectivity index (χ1n) is 5.67. The average molecular weight is 242 g/mol. The van der Waals surface area contributed by atoms with Crippen molar-refractivity contribution < 1.29 is 61.6 Å². The molecule has 3 heteroatoms. The van der Waals surface area contributed by atoms with E-state index in [1.165, 1.54) is 0 Å². The molecule has 88 valence electrons. The van der Waals surface area contributed by atoms with Crippen molar-refractivity contribution in [2.45, 2.75) is 78.4 Å². The van der Waals surface area contributed by atoms with E-state index in [0.717, 1.165) is 25.7 Å². The van der Waals surface area contributed by atoms with Crippen molar-refractivity contribution in [3.05, 3.63) is 0 Å². The first kappa shape index (κ1) is 21.8. The molecule has 0 aliphatic carbocycles. The summed E-state index contributed by atoms with van der Waals surface area (Å²) in [5.74, 6) is 0. The third-order valence-corrected chi connectivity index (χ3v) is 3.02. The fraction of sp³-hybridized carbons (Fsp3) is 1.00. The molecule has 0 amide bonds. The third-order valence-electron chi connectivity index (χ3n) is 3.02. The smallest absolute Gasteiger partial charge is 0.850 e. The van der Waals surface area contributed by atoms with Crippen molar-refractivity contribution in [3.63, 3.8) is 0 Å². The Morgan fingerprint density at radius 1 is 0.867 bits per heavy atom. The Hall–Kier alpha value is 1.56. The summed E-state index contributed by atoms with van der Waals surface area (Å²) in [7, 11) is 0. The fourth-order valence-electron chi connectivity index (χ4n) is 0.500. The molecule has 0 unspecified atom stereocenters. The SMILES string of the molecule is CCC(C)(O)CC.CCC(C)([O-])CC.[K+]. The van der Waals surface area contributed by atoms with E-state index >= 15 is 0 Å². The van der Waals surface area contributed by atoms with Crippen LogP contribution >= 0.6 is 0 Å². The molecule has 0 heterocycles. The maximum absolute atomic E-state index is 10.8. The van der Waals surface area contributed by atoms with E-state index in [2.05, 4.69) is 0 Å². The molecular formula is C12H27KO2. The molecule has 0 aromatic rings. The molecule has 0 aliphatic heterocycles. The van der Waals surface area contributed by atoms with Crippen LogP contribution < -0.4 is 56.5 Å². The summed E-state index contributed by atoms with van der Waals surface area (Å²) in [5.41, 5.74) is -1.08. The summed E-state index contributed by atoms with van der Waals surface area (Å²) < 4.78 is 0. The van der Waals surface area contributed by atoms with Gasteiger partial charge in [0.1, 0.15) is 0 Å². The standard InChI is InChI=1S/C6H14O.C6H13O.K/c2*1-4-6(3,7)5-2;/h7H,4-5H2,1-3H3;4-5H2,1-3H3;/q;-1;+1. The summed E-state index contributed by atoms with van der Waals surface area (Å²) in [6.45, 7) is 11.4. The van der Waals surface area contributed by atoms with Gasteiger partial charge in [0.25, 0.3) is 0 Å². The maximum Gasteiger partial charge on any atom is 1.00 e. The first-order valence-corrected chi connectivity index (χ1v) is 5.67. The van der Waals surface area contributed by atoms with Crippen LogP contribution in [0, 0.1) is 0 Å². The topological polar surface area (TPSA) is 43.3 Å². The molecule has 0 aromatic heterocycles. The molecule has 0 saturated carbocycles. The minimum Gasteiger partial charge on any atom is -0.850 e. The molecule has 0 radical (unpaired) electrons. The Bertz CT molecular complexity index is 106. The normalized spacial score (nSPS) is 11.2. The Balaban J connectivity index is -0.000000180. The molecule has 0 spiro atoms. The van der Waals surface area contributed by atoms with Gasteiger partial charge in [-0.2, -0.15) is 0 Å². The third kappa shape index (κ3) is 15.6. The van der Waals surface area contributed by atoms with Crippen LogP contribution in [0.1, 0.15) is 67.2 Å². The molecule has 0 bridgehead atoms. The van der Waals surface area contributed by atoms with E-state index in [0.29, 0.717) is 0 Å². The van der Waals surface area contributed by atoms with Gasteiger partial charge in [-0.05, 0) is 19.8 Å². The van der Waals surface area contributed by atoms with E-state index in [-0.39, 0.29) is 51.4 Å². The van der Waals surface area contributed by atoms with Crippen molar-refractivity contribution in [2.24, 2.45) is 0 Å². The molecule has 0 aromatic carbocycles. The Morgan fingerprint density at radius 3 is 1.13 bits per heavy atom. The molecule has 0 atom stereocenters. The summed E-state index contributed by atoms with van der Waals surface area (Å²) in [4.78, 5) is 0. The van der Waals surface area contributed by atoms with Crippen molar-refractivity contribution in [1.29, 1.82) is 0 Å². The summed E-state index contributed by atoms with van der Waals surface area (Å²) in [6, 6.07) is 0. The Labute approximate surface area is 138 Å². The van der Waals surface area contributed by atoms with Gasteiger partial charge in [0.15, 0.2) is 0 Å². The van der Waals surface area contributed by atoms with E-state index in [1.54, 1.807) is 6.92 Å². The second kappa shape index (κ2) is 10.7. The molecule has 1 N–H and O–H groups in total. The number of hydrogen-bond acceptors (Lipinski definition) is 2. The van der Waals surface area contributed by atoms with Crippen LogP contribution in [0.15, 0.2) is 0 Å². The van der Waals surface area contributed by atoms with Crippen LogP contribution in [0.25, 0.3) is 0 Å². The minimum atomic E-state index is -0.667. The van der Waals surface area contributed by atoms with Crippen LogP contribution in [0.2, 0.25) is 0 Å². The second-order valence-electron chi connectivity index (χ2n) is 4.36. The van der Waals surface area contributed by atoms with Crippen LogP contribution in [0.3, 0.4) is 0 Å². The molecule has 0 rings (SSSR count). The van der Waals surface area contributed by atoms with Crippen molar-refractivity contribution in [1.82, 2.24) is 0 Å². The molecular weight excluding hydrogens is 215 g/mol. The zero-order chi connectivity index (χ0) is 11.8. The number of rotatable bonds is 4. The number of hydrogen-bond donors (Lipinski definition) is 1. The summed E-state index contributed by atoms with van der Waals surface area (Å²) in [6.07, 6.45) is 3.18. The van der Waals surface area contributed by atoms with E-state index in [1.807, 2.05) is 34.6 Å². The maximum atomic E-state index is 10.8. The molecule has 0 saturated heterocycles. The van der Waals surface area contributed by atoms with Crippen LogP contribution in [0.4, 0.5) is 0 Å². The van der Waals surface area contributed by atoms with E-state index in [4.69, 9.17) is 5.11 Å². The predicted molar refractivity (Wildman–Crippen MR) is 60.2 cm³/mol. The van der Waals surface area contributed by atoms with Crippen LogP contribution in [-0.4, -0.2) is 16.3 Å². The van der Waals surface area contributed by atoms with Crippen LogP contribution in [-0.2, 0) is 0 Å². The van der Waals surface area contributed by atoms with Gasteiger partial charge in [0.2, 0.25) is 0 Å². The van der Waals surface area contributed by atoms with Crippen molar-refractivity contribution in [2.75, 3.05) is 0 Å². The van der Waals surface area contributed by atoms with E-state index in [9.17, 15) is 5.11 Å². The quantitative estimate of drug-likeness (QED) is 0.675. The Kier molecular flexibility index (Phi) is 15.5. The predicted octanol–water partition coefficient (Wildman–Crippen LogP) is -0.513. The second-order valence-corrected chi connectivity index (χ2v) is 4.36. The van der Waals surface area contributed by atoms with Gasteiger partial charge < -0.3 is 10.2 Å². The van der Waals surface area contributed by atoms with Gasteiger partial charge in [-0.1, -0.05) is 47.5 Å². The zero-order valence-corrected chi connectivity index (χ0v) is 14.8. The van der Waals surface area contributed by atoms with Gasteiger partial charge in [-0.25, -0.2) is 0 Å². The van der Waals surface area contributed by atoms with Gasteiger partial charge in [0.05, 0.1) is 5.60 Å².